The van der Waals surface area contributed by atoms with Crippen LogP contribution in [0.1, 0.15) is 65.2 Å². The second-order valence-electron chi connectivity index (χ2n) is 5.02. The van der Waals surface area contributed by atoms with Gasteiger partial charge in [0.05, 0.1) is 6.10 Å². The predicted octanol–water partition coefficient (Wildman–Crippen LogP) is 3.37. The van der Waals surface area contributed by atoms with Crippen molar-refractivity contribution < 1.29 is 14.6 Å². The Morgan fingerprint density at radius 2 is 2.06 bits per heavy atom. The molecule has 1 aliphatic rings. The van der Waals surface area contributed by atoms with Crippen LogP contribution in [0.15, 0.2) is 0 Å². The number of carboxylic acids is 1. The minimum atomic E-state index is -0.959. The van der Waals surface area contributed by atoms with Crippen molar-refractivity contribution in [3.63, 3.8) is 0 Å². The van der Waals surface area contributed by atoms with Gasteiger partial charge in [-0.15, -0.1) is 0 Å². The van der Waals surface area contributed by atoms with Crippen molar-refractivity contribution in [2.75, 3.05) is 0 Å². The van der Waals surface area contributed by atoms with E-state index in [2.05, 4.69) is 6.92 Å². The van der Waals surface area contributed by atoms with Crippen LogP contribution >= 0.6 is 0 Å². The summed E-state index contributed by atoms with van der Waals surface area (Å²) in [5.74, 6) is -0.809. The predicted molar refractivity (Wildman–Crippen MR) is 63.5 cm³/mol. The number of aliphatic carboxylic acids is 1. The quantitative estimate of drug-likeness (QED) is 0.648. The molecule has 0 aromatic carbocycles. The van der Waals surface area contributed by atoms with Crippen LogP contribution in [0.25, 0.3) is 0 Å². The van der Waals surface area contributed by atoms with E-state index >= 15 is 0 Å². The number of carboxylic acid groups (broad SMARTS) is 1. The molecule has 16 heavy (non-hydrogen) atoms. The highest BCUT2D eigenvalue weighted by Crippen LogP contribution is 2.30. The number of carbonyl (C=O) groups is 1. The van der Waals surface area contributed by atoms with Gasteiger partial charge < -0.3 is 9.84 Å². The number of hydrogen-bond donors (Lipinski definition) is 1. The molecule has 3 heteroatoms. The van der Waals surface area contributed by atoms with Gasteiger partial charge in [0.25, 0.3) is 0 Å². The molecule has 0 saturated heterocycles. The Balaban J connectivity index is 2.34. The summed E-state index contributed by atoms with van der Waals surface area (Å²) in [7, 11) is 0. The average Bonchev–Trinajstić information content (AvgIpc) is 2.18. The molecule has 1 aliphatic carbocycles. The zero-order chi connectivity index (χ0) is 12.0. The number of hydrogen-bond acceptors (Lipinski definition) is 2. The van der Waals surface area contributed by atoms with Crippen molar-refractivity contribution in [3.8, 4) is 0 Å². The van der Waals surface area contributed by atoms with Gasteiger partial charge in [-0.25, -0.2) is 4.79 Å². The van der Waals surface area contributed by atoms with Gasteiger partial charge in [-0.05, 0) is 39.0 Å². The molecular formula is C13H24O3. The first kappa shape index (κ1) is 13.5. The Bertz CT molecular complexity index is 223. The van der Waals surface area contributed by atoms with Gasteiger partial charge in [-0.1, -0.05) is 26.2 Å². The van der Waals surface area contributed by atoms with Crippen LogP contribution < -0.4 is 0 Å². The lowest BCUT2D eigenvalue weighted by Gasteiger charge is -2.35. The fraction of sp³-hybridized carbons (Fsp3) is 0.923. The van der Waals surface area contributed by atoms with Crippen molar-refractivity contribution >= 4 is 5.97 Å². The van der Waals surface area contributed by atoms with Crippen LogP contribution in [-0.2, 0) is 9.53 Å². The van der Waals surface area contributed by atoms with Crippen molar-refractivity contribution in [2.24, 2.45) is 0 Å². The smallest absolute Gasteiger partial charge is 0.335 e. The van der Waals surface area contributed by atoms with E-state index in [0.717, 1.165) is 25.7 Å². The van der Waals surface area contributed by atoms with E-state index in [9.17, 15) is 9.90 Å². The maximum Gasteiger partial charge on any atom is 0.335 e. The van der Waals surface area contributed by atoms with Crippen LogP contribution in [0.3, 0.4) is 0 Å². The van der Waals surface area contributed by atoms with Crippen molar-refractivity contribution in [1.29, 1.82) is 0 Å². The lowest BCUT2D eigenvalue weighted by Crippen LogP contribution is -2.43. The molecule has 3 nitrogen and oxygen atoms in total. The third-order valence-electron chi connectivity index (χ3n) is 3.44. The molecule has 0 amide bonds. The molecule has 0 bridgehead atoms. The second-order valence-corrected chi connectivity index (χ2v) is 5.02. The molecule has 0 spiro atoms. The Kier molecular flexibility index (Phi) is 5.26. The third-order valence-corrected chi connectivity index (χ3v) is 3.44. The van der Waals surface area contributed by atoms with Gasteiger partial charge >= 0.3 is 5.97 Å². The molecule has 1 N–H and O–H groups in total. The summed E-state index contributed by atoms with van der Waals surface area (Å²) in [4.78, 5) is 11.2. The Morgan fingerprint density at radius 1 is 1.38 bits per heavy atom. The zero-order valence-electron chi connectivity index (χ0n) is 10.5. The maximum absolute atomic E-state index is 11.2. The fourth-order valence-electron chi connectivity index (χ4n) is 1.96. The number of ether oxygens (including phenoxy) is 1. The van der Waals surface area contributed by atoms with E-state index in [1.54, 1.807) is 6.92 Å². The Labute approximate surface area is 98.2 Å². The zero-order valence-corrected chi connectivity index (χ0v) is 10.5. The van der Waals surface area contributed by atoms with Crippen molar-refractivity contribution in [3.05, 3.63) is 0 Å². The summed E-state index contributed by atoms with van der Waals surface area (Å²) in [6, 6.07) is 0. The fourth-order valence-corrected chi connectivity index (χ4v) is 1.96. The summed E-state index contributed by atoms with van der Waals surface area (Å²) in [6.45, 7) is 3.88. The molecule has 1 unspecified atom stereocenters. The van der Waals surface area contributed by atoms with E-state index in [4.69, 9.17) is 4.74 Å². The second kappa shape index (κ2) is 6.24. The topological polar surface area (TPSA) is 46.5 Å². The van der Waals surface area contributed by atoms with Crippen LogP contribution in [0.5, 0.6) is 0 Å². The molecular weight excluding hydrogens is 204 g/mol. The highest BCUT2D eigenvalue weighted by Gasteiger charge is 2.37. The van der Waals surface area contributed by atoms with E-state index in [1.807, 2.05) is 0 Å². The van der Waals surface area contributed by atoms with E-state index < -0.39 is 11.6 Å². The lowest BCUT2D eigenvalue weighted by atomic mass is 9.92. The largest absolute Gasteiger partial charge is 0.479 e. The van der Waals surface area contributed by atoms with Gasteiger partial charge in [0.1, 0.15) is 0 Å². The summed E-state index contributed by atoms with van der Waals surface area (Å²) >= 11 is 0. The molecule has 0 aromatic rings. The van der Waals surface area contributed by atoms with Gasteiger partial charge in [-0.2, -0.15) is 0 Å². The normalized spacial score (nSPS) is 20.1. The number of unbranched alkanes of at least 4 members (excludes halogenated alkanes) is 3. The SMILES string of the molecule is CCCCCCC(C)(OC1CCC1)C(=O)O. The van der Waals surface area contributed by atoms with E-state index in [1.165, 1.54) is 19.3 Å². The van der Waals surface area contributed by atoms with Crippen LogP contribution in [0.4, 0.5) is 0 Å². The van der Waals surface area contributed by atoms with Crippen molar-refractivity contribution in [1.82, 2.24) is 0 Å². The van der Waals surface area contributed by atoms with Crippen molar-refractivity contribution in [2.45, 2.75) is 76.9 Å². The van der Waals surface area contributed by atoms with E-state index in [-0.39, 0.29) is 6.10 Å². The Hall–Kier alpha value is -0.570. The highest BCUT2D eigenvalue weighted by molar-refractivity contribution is 5.76. The van der Waals surface area contributed by atoms with E-state index in [0.29, 0.717) is 6.42 Å². The first-order valence-electron chi connectivity index (χ1n) is 6.49. The summed E-state index contributed by atoms with van der Waals surface area (Å²) < 4.78 is 5.72. The van der Waals surface area contributed by atoms with Gasteiger partial charge in [0, 0.05) is 0 Å². The molecule has 1 rings (SSSR count). The van der Waals surface area contributed by atoms with Crippen LogP contribution in [0.2, 0.25) is 0 Å². The minimum Gasteiger partial charge on any atom is -0.479 e. The standard InChI is InChI=1S/C13H24O3/c1-3-4-5-6-10-13(2,12(14)15)16-11-8-7-9-11/h11H,3-10H2,1-2H3,(H,14,15). The molecule has 94 valence electrons. The lowest BCUT2D eigenvalue weighted by molar-refractivity contribution is -0.178. The molecule has 0 radical (unpaired) electrons. The molecule has 1 fully saturated rings. The van der Waals surface area contributed by atoms with Gasteiger partial charge in [-0.3, -0.25) is 0 Å². The third kappa shape index (κ3) is 3.78. The minimum absolute atomic E-state index is 0.187. The number of rotatable bonds is 8. The van der Waals surface area contributed by atoms with Gasteiger partial charge in [0.2, 0.25) is 0 Å². The summed E-state index contributed by atoms with van der Waals surface area (Å²) in [6.07, 6.45) is 8.46. The van der Waals surface area contributed by atoms with Crippen LogP contribution in [0, 0.1) is 0 Å². The first-order chi connectivity index (χ1) is 7.58. The summed E-state index contributed by atoms with van der Waals surface area (Å²) in [5, 5.41) is 9.23. The summed E-state index contributed by atoms with van der Waals surface area (Å²) in [5.41, 5.74) is -0.959. The molecule has 0 aliphatic heterocycles. The maximum atomic E-state index is 11.2. The molecule has 1 atom stereocenters. The van der Waals surface area contributed by atoms with Gasteiger partial charge in [0.15, 0.2) is 5.60 Å². The molecule has 0 aromatic heterocycles. The first-order valence-corrected chi connectivity index (χ1v) is 6.49. The average molecular weight is 228 g/mol. The van der Waals surface area contributed by atoms with Crippen LogP contribution in [-0.4, -0.2) is 22.8 Å². The monoisotopic (exact) mass is 228 g/mol. The molecule has 0 heterocycles. The Morgan fingerprint density at radius 3 is 2.50 bits per heavy atom. The highest BCUT2D eigenvalue weighted by atomic mass is 16.5. The molecule has 1 saturated carbocycles.